The minimum atomic E-state index is 0.189. The minimum absolute atomic E-state index is 0.189. The van der Waals surface area contributed by atoms with Crippen LogP contribution < -0.4 is 10.1 Å². The Hall–Kier alpha value is -1.03. The topological polar surface area (TPSA) is 21.3 Å². The third-order valence-corrected chi connectivity index (χ3v) is 4.67. The fourth-order valence-corrected chi connectivity index (χ4v) is 3.43. The third-order valence-electron chi connectivity index (χ3n) is 3.83. The summed E-state index contributed by atoms with van der Waals surface area (Å²) >= 11 is 9.83. The summed E-state index contributed by atoms with van der Waals surface area (Å²) in [5.41, 5.74) is 2.33. The Morgan fingerprint density at radius 3 is 2.90 bits per heavy atom. The Labute approximate surface area is 138 Å². The number of fused-ring (bicyclic) bond motifs is 1. The van der Waals surface area contributed by atoms with E-state index in [4.69, 9.17) is 16.3 Å². The number of nitrogens with one attached hydrogen (secondary N) is 1. The molecule has 0 spiro atoms. The number of halogens is 2. The van der Waals surface area contributed by atoms with Crippen LogP contribution in [0.15, 0.2) is 46.9 Å². The molecule has 3 rings (SSSR count). The number of ether oxygens (including phenoxy) is 1. The largest absolute Gasteiger partial charge is 0.493 e. The van der Waals surface area contributed by atoms with Gasteiger partial charge < -0.3 is 10.1 Å². The summed E-state index contributed by atoms with van der Waals surface area (Å²) in [5, 5.41) is 4.48. The Balaban J connectivity index is 1.83. The molecule has 110 valence electrons. The van der Waals surface area contributed by atoms with E-state index in [9.17, 15) is 0 Å². The second-order valence-electron chi connectivity index (χ2n) is 5.28. The number of rotatable bonds is 3. The zero-order valence-corrected chi connectivity index (χ0v) is 14.1. The van der Waals surface area contributed by atoms with Gasteiger partial charge in [0.25, 0.3) is 0 Å². The minimum Gasteiger partial charge on any atom is -0.493 e. The van der Waals surface area contributed by atoms with Crippen LogP contribution in [0.1, 0.15) is 36.6 Å². The van der Waals surface area contributed by atoms with E-state index < -0.39 is 0 Å². The molecule has 1 N–H and O–H groups in total. The maximum atomic E-state index is 6.29. The number of hydrogen-bond acceptors (Lipinski definition) is 2. The lowest BCUT2D eigenvalue weighted by molar-refractivity contribution is 0.246. The molecule has 0 aromatic heterocycles. The zero-order chi connectivity index (χ0) is 14.8. The second-order valence-corrected chi connectivity index (χ2v) is 6.60. The van der Waals surface area contributed by atoms with Gasteiger partial charge in [0.15, 0.2) is 0 Å². The monoisotopic (exact) mass is 365 g/mol. The third kappa shape index (κ3) is 3.25. The molecule has 1 aliphatic heterocycles. The van der Waals surface area contributed by atoms with E-state index in [1.807, 2.05) is 30.3 Å². The number of benzene rings is 2. The van der Waals surface area contributed by atoms with Crippen molar-refractivity contribution in [2.75, 3.05) is 6.61 Å². The molecule has 0 saturated heterocycles. The highest BCUT2D eigenvalue weighted by Crippen LogP contribution is 2.36. The van der Waals surface area contributed by atoms with E-state index in [2.05, 4.69) is 40.3 Å². The van der Waals surface area contributed by atoms with Gasteiger partial charge in [-0.2, -0.15) is 0 Å². The maximum absolute atomic E-state index is 6.29. The molecule has 0 bridgehead atoms. The van der Waals surface area contributed by atoms with Crippen LogP contribution in [0, 0.1) is 0 Å². The van der Waals surface area contributed by atoms with E-state index in [0.29, 0.717) is 0 Å². The van der Waals surface area contributed by atoms with E-state index >= 15 is 0 Å². The Morgan fingerprint density at radius 2 is 2.10 bits per heavy atom. The van der Waals surface area contributed by atoms with Crippen molar-refractivity contribution in [3.63, 3.8) is 0 Å². The average Bonchev–Trinajstić information content (AvgIpc) is 2.48. The van der Waals surface area contributed by atoms with Crippen molar-refractivity contribution in [1.82, 2.24) is 5.32 Å². The van der Waals surface area contributed by atoms with Crippen LogP contribution in [0.25, 0.3) is 0 Å². The Morgan fingerprint density at radius 1 is 1.29 bits per heavy atom. The van der Waals surface area contributed by atoms with Crippen molar-refractivity contribution < 1.29 is 4.74 Å². The number of hydrogen-bond donors (Lipinski definition) is 1. The first kappa shape index (κ1) is 14.9. The molecular weight excluding hydrogens is 350 g/mol. The Kier molecular flexibility index (Phi) is 4.53. The molecule has 0 aliphatic carbocycles. The molecule has 0 radical (unpaired) electrons. The predicted molar refractivity (Wildman–Crippen MR) is 90.0 cm³/mol. The molecule has 0 fully saturated rings. The zero-order valence-electron chi connectivity index (χ0n) is 11.8. The Bertz CT molecular complexity index is 646. The van der Waals surface area contributed by atoms with Gasteiger partial charge in [-0.05, 0) is 36.8 Å². The van der Waals surface area contributed by atoms with Crippen LogP contribution in [0.5, 0.6) is 5.75 Å². The first-order valence-corrected chi connectivity index (χ1v) is 8.25. The lowest BCUT2D eigenvalue weighted by Crippen LogP contribution is -2.29. The van der Waals surface area contributed by atoms with Crippen LogP contribution in [0.3, 0.4) is 0 Å². The highest BCUT2D eigenvalue weighted by atomic mass is 79.9. The van der Waals surface area contributed by atoms with Crippen LogP contribution in [-0.2, 0) is 0 Å². The van der Waals surface area contributed by atoms with Crippen molar-refractivity contribution >= 4 is 27.5 Å². The highest BCUT2D eigenvalue weighted by molar-refractivity contribution is 9.10. The van der Waals surface area contributed by atoms with Gasteiger partial charge in [-0.25, -0.2) is 0 Å². The lowest BCUT2D eigenvalue weighted by atomic mass is 9.98. The first-order chi connectivity index (χ1) is 10.1. The molecule has 2 aromatic rings. The fourth-order valence-electron chi connectivity index (χ4n) is 2.76. The molecule has 0 saturated carbocycles. The molecule has 1 unspecified atom stereocenters. The van der Waals surface area contributed by atoms with Crippen molar-refractivity contribution in [3.05, 3.63) is 63.1 Å². The molecular formula is C17H17BrClNO. The van der Waals surface area contributed by atoms with Gasteiger partial charge in [0, 0.05) is 33.6 Å². The predicted octanol–water partition coefficient (Wildman–Crippen LogP) is 5.28. The smallest absolute Gasteiger partial charge is 0.124 e. The van der Waals surface area contributed by atoms with E-state index in [-0.39, 0.29) is 12.1 Å². The van der Waals surface area contributed by atoms with E-state index in [0.717, 1.165) is 33.8 Å². The van der Waals surface area contributed by atoms with Crippen molar-refractivity contribution in [1.29, 1.82) is 0 Å². The molecule has 21 heavy (non-hydrogen) atoms. The molecule has 1 heterocycles. The summed E-state index contributed by atoms with van der Waals surface area (Å²) < 4.78 is 6.81. The molecule has 2 aromatic carbocycles. The van der Waals surface area contributed by atoms with E-state index in [1.165, 1.54) is 5.56 Å². The van der Waals surface area contributed by atoms with Crippen molar-refractivity contribution in [2.24, 2.45) is 0 Å². The summed E-state index contributed by atoms with van der Waals surface area (Å²) in [6.45, 7) is 2.88. The average molecular weight is 367 g/mol. The van der Waals surface area contributed by atoms with Gasteiger partial charge >= 0.3 is 0 Å². The van der Waals surface area contributed by atoms with Gasteiger partial charge in [0.1, 0.15) is 5.75 Å². The molecule has 1 aliphatic rings. The second kappa shape index (κ2) is 6.39. The van der Waals surface area contributed by atoms with Crippen molar-refractivity contribution in [3.8, 4) is 5.75 Å². The van der Waals surface area contributed by atoms with Gasteiger partial charge in [-0.1, -0.05) is 45.7 Å². The van der Waals surface area contributed by atoms with Gasteiger partial charge in [-0.3, -0.25) is 0 Å². The van der Waals surface area contributed by atoms with Crippen LogP contribution in [0.2, 0.25) is 5.02 Å². The summed E-state index contributed by atoms with van der Waals surface area (Å²) in [5.74, 6) is 0.966. The standard InChI is InChI=1S/C17H17BrClNO/c1-11(13-4-2-3-5-15(13)19)20-16-8-9-21-17-7-6-12(18)10-14(16)17/h2-7,10-11,16,20H,8-9H2,1H3/t11-,16?/m1/s1. The molecule has 0 amide bonds. The normalized spacial score (nSPS) is 18.7. The summed E-state index contributed by atoms with van der Waals surface area (Å²) in [6, 6.07) is 14.6. The molecule has 2 nitrogen and oxygen atoms in total. The van der Waals surface area contributed by atoms with Gasteiger partial charge in [0.05, 0.1) is 6.61 Å². The first-order valence-electron chi connectivity index (χ1n) is 7.08. The quantitative estimate of drug-likeness (QED) is 0.798. The summed E-state index contributed by atoms with van der Waals surface area (Å²) in [4.78, 5) is 0. The lowest BCUT2D eigenvalue weighted by Gasteiger charge is -2.30. The van der Waals surface area contributed by atoms with Crippen LogP contribution in [0.4, 0.5) is 0 Å². The summed E-state index contributed by atoms with van der Waals surface area (Å²) in [6.07, 6.45) is 0.957. The van der Waals surface area contributed by atoms with Crippen molar-refractivity contribution in [2.45, 2.75) is 25.4 Å². The molecule has 4 heteroatoms. The molecule has 2 atom stereocenters. The fraction of sp³-hybridized carbons (Fsp3) is 0.294. The summed E-state index contributed by atoms with van der Waals surface area (Å²) in [7, 11) is 0. The van der Waals surface area contributed by atoms with Gasteiger partial charge in [-0.15, -0.1) is 0 Å². The van der Waals surface area contributed by atoms with Crippen LogP contribution in [-0.4, -0.2) is 6.61 Å². The SMILES string of the molecule is C[C@@H](NC1CCOc2ccc(Br)cc21)c1ccccc1Cl. The van der Waals surface area contributed by atoms with Crippen LogP contribution >= 0.6 is 27.5 Å². The van der Waals surface area contributed by atoms with E-state index in [1.54, 1.807) is 0 Å². The van der Waals surface area contributed by atoms with Gasteiger partial charge in [0.2, 0.25) is 0 Å². The maximum Gasteiger partial charge on any atom is 0.124 e. The highest BCUT2D eigenvalue weighted by Gasteiger charge is 2.23.